The molecule has 1 aromatic rings. The van der Waals surface area contributed by atoms with Crippen LogP contribution in [0.1, 0.15) is 35.8 Å². The fraction of sp³-hybridized carbons (Fsp3) is 0.462. The molecule has 1 aliphatic rings. The Balaban J connectivity index is 2.11. The number of amides is 2. The van der Waals surface area contributed by atoms with Crippen molar-refractivity contribution in [2.75, 3.05) is 12.0 Å². The SMILES string of the molecule is CCCc1cc(C(=O)NC2CNC(=O)C2)cc(NN)n1. The van der Waals surface area contributed by atoms with Crippen molar-refractivity contribution in [1.29, 1.82) is 0 Å². The monoisotopic (exact) mass is 277 g/mol. The van der Waals surface area contributed by atoms with Gasteiger partial charge >= 0.3 is 0 Å². The number of hydrogen-bond donors (Lipinski definition) is 4. The molecule has 0 spiro atoms. The van der Waals surface area contributed by atoms with Crippen LogP contribution in [0.3, 0.4) is 0 Å². The summed E-state index contributed by atoms with van der Waals surface area (Å²) in [6, 6.07) is 3.19. The number of aryl methyl sites for hydroxylation is 1. The van der Waals surface area contributed by atoms with Gasteiger partial charge in [0.2, 0.25) is 5.91 Å². The fourth-order valence-electron chi connectivity index (χ4n) is 2.15. The Hall–Kier alpha value is -2.15. The smallest absolute Gasteiger partial charge is 0.251 e. The number of anilines is 1. The number of hydrazine groups is 1. The number of nitrogens with two attached hydrogens (primary N) is 1. The second-order valence-electron chi connectivity index (χ2n) is 4.81. The maximum atomic E-state index is 12.2. The molecule has 108 valence electrons. The number of nitrogens with zero attached hydrogens (tertiary/aromatic N) is 1. The van der Waals surface area contributed by atoms with Crippen LogP contribution in [0.25, 0.3) is 0 Å². The predicted octanol–water partition coefficient (Wildman–Crippen LogP) is -0.0620. The molecule has 1 saturated heterocycles. The maximum absolute atomic E-state index is 12.2. The summed E-state index contributed by atoms with van der Waals surface area (Å²) >= 11 is 0. The van der Waals surface area contributed by atoms with Crippen LogP contribution in [0.4, 0.5) is 5.82 Å². The molecule has 0 aliphatic carbocycles. The lowest BCUT2D eigenvalue weighted by molar-refractivity contribution is -0.119. The minimum Gasteiger partial charge on any atom is -0.354 e. The van der Waals surface area contributed by atoms with Crippen molar-refractivity contribution in [2.45, 2.75) is 32.2 Å². The molecule has 1 unspecified atom stereocenters. The zero-order valence-corrected chi connectivity index (χ0v) is 11.4. The third-order valence-corrected chi connectivity index (χ3v) is 3.11. The van der Waals surface area contributed by atoms with E-state index in [9.17, 15) is 9.59 Å². The molecule has 2 heterocycles. The van der Waals surface area contributed by atoms with Crippen molar-refractivity contribution in [1.82, 2.24) is 15.6 Å². The zero-order chi connectivity index (χ0) is 14.5. The Morgan fingerprint density at radius 1 is 1.55 bits per heavy atom. The van der Waals surface area contributed by atoms with E-state index in [4.69, 9.17) is 5.84 Å². The van der Waals surface area contributed by atoms with Crippen LogP contribution in [0.5, 0.6) is 0 Å². The molecule has 7 heteroatoms. The van der Waals surface area contributed by atoms with E-state index in [1.807, 2.05) is 6.92 Å². The lowest BCUT2D eigenvalue weighted by atomic mass is 10.1. The summed E-state index contributed by atoms with van der Waals surface area (Å²) in [6.07, 6.45) is 2.03. The molecule has 2 rings (SSSR count). The number of hydrogen-bond acceptors (Lipinski definition) is 5. The molecule has 2 amide bonds. The summed E-state index contributed by atoms with van der Waals surface area (Å²) in [5.74, 6) is 5.57. The first kappa shape index (κ1) is 14.3. The molecule has 7 nitrogen and oxygen atoms in total. The first-order valence-electron chi connectivity index (χ1n) is 6.67. The van der Waals surface area contributed by atoms with E-state index in [1.54, 1.807) is 12.1 Å². The molecule has 0 radical (unpaired) electrons. The van der Waals surface area contributed by atoms with Crippen LogP contribution in [-0.4, -0.2) is 29.4 Å². The molecule has 0 aromatic carbocycles. The topological polar surface area (TPSA) is 109 Å². The molecule has 1 aliphatic heterocycles. The van der Waals surface area contributed by atoms with E-state index in [1.165, 1.54) is 0 Å². The second-order valence-corrected chi connectivity index (χ2v) is 4.81. The van der Waals surface area contributed by atoms with E-state index in [2.05, 4.69) is 21.0 Å². The lowest BCUT2D eigenvalue weighted by Gasteiger charge is -2.12. The Morgan fingerprint density at radius 3 is 2.95 bits per heavy atom. The van der Waals surface area contributed by atoms with Crippen molar-refractivity contribution < 1.29 is 9.59 Å². The Morgan fingerprint density at radius 2 is 2.35 bits per heavy atom. The summed E-state index contributed by atoms with van der Waals surface area (Å²) in [4.78, 5) is 27.6. The second kappa shape index (κ2) is 6.33. The number of nitrogens with one attached hydrogen (secondary N) is 3. The van der Waals surface area contributed by atoms with Gasteiger partial charge in [0.05, 0.1) is 6.04 Å². The van der Waals surface area contributed by atoms with E-state index < -0.39 is 0 Å². The van der Waals surface area contributed by atoms with Crippen molar-refractivity contribution >= 4 is 17.6 Å². The molecule has 0 bridgehead atoms. The predicted molar refractivity (Wildman–Crippen MR) is 74.9 cm³/mol. The largest absolute Gasteiger partial charge is 0.354 e. The van der Waals surface area contributed by atoms with Gasteiger partial charge in [-0.2, -0.15) is 0 Å². The van der Waals surface area contributed by atoms with Crippen LogP contribution in [0.2, 0.25) is 0 Å². The van der Waals surface area contributed by atoms with E-state index in [-0.39, 0.29) is 17.9 Å². The molecule has 1 aromatic heterocycles. The van der Waals surface area contributed by atoms with Crippen molar-refractivity contribution in [3.8, 4) is 0 Å². The normalized spacial score (nSPS) is 17.7. The quantitative estimate of drug-likeness (QED) is 0.445. The highest BCUT2D eigenvalue weighted by Crippen LogP contribution is 2.12. The standard InChI is InChI=1S/C13H19N5O2/c1-2-3-9-4-8(5-11(16-9)18-14)13(20)17-10-6-12(19)15-7-10/h4-5,10H,2-3,6-7,14H2,1H3,(H,15,19)(H,16,18)(H,17,20). The number of pyridine rings is 1. The first-order chi connectivity index (χ1) is 9.62. The van der Waals surface area contributed by atoms with E-state index in [0.717, 1.165) is 18.5 Å². The van der Waals surface area contributed by atoms with Crippen molar-refractivity contribution in [3.63, 3.8) is 0 Å². The highest BCUT2D eigenvalue weighted by Gasteiger charge is 2.23. The summed E-state index contributed by atoms with van der Waals surface area (Å²) in [5.41, 5.74) is 3.77. The molecule has 0 saturated carbocycles. The minimum atomic E-state index is -0.220. The summed E-state index contributed by atoms with van der Waals surface area (Å²) < 4.78 is 0. The third kappa shape index (κ3) is 3.45. The van der Waals surface area contributed by atoms with Crippen molar-refractivity contribution in [3.05, 3.63) is 23.4 Å². The van der Waals surface area contributed by atoms with Gasteiger partial charge in [-0.25, -0.2) is 10.8 Å². The molecule has 5 N–H and O–H groups in total. The number of carbonyl (C=O) groups excluding carboxylic acids is 2. The Labute approximate surface area is 117 Å². The summed E-state index contributed by atoms with van der Waals surface area (Å²) in [7, 11) is 0. The van der Waals surface area contributed by atoms with Gasteiger partial charge in [-0.05, 0) is 18.6 Å². The van der Waals surface area contributed by atoms with Gasteiger partial charge in [0.1, 0.15) is 5.82 Å². The minimum absolute atomic E-state index is 0.0407. The summed E-state index contributed by atoms with van der Waals surface area (Å²) in [6.45, 7) is 2.51. The molecule has 1 fully saturated rings. The van der Waals surface area contributed by atoms with E-state index >= 15 is 0 Å². The van der Waals surface area contributed by atoms with Gasteiger partial charge in [-0.1, -0.05) is 13.3 Å². The van der Waals surface area contributed by atoms with Crippen molar-refractivity contribution in [2.24, 2.45) is 5.84 Å². The zero-order valence-electron chi connectivity index (χ0n) is 11.4. The van der Waals surface area contributed by atoms with Crippen LogP contribution in [-0.2, 0) is 11.2 Å². The average Bonchev–Trinajstić information content (AvgIpc) is 2.84. The molecule has 1 atom stereocenters. The van der Waals surface area contributed by atoms with Gasteiger partial charge in [0.15, 0.2) is 0 Å². The number of rotatable bonds is 5. The van der Waals surface area contributed by atoms with Gasteiger partial charge in [0.25, 0.3) is 5.91 Å². The van der Waals surface area contributed by atoms with Crippen LogP contribution >= 0.6 is 0 Å². The Bertz CT molecular complexity index is 517. The molecular formula is C13H19N5O2. The van der Waals surface area contributed by atoms with Crippen LogP contribution < -0.4 is 21.9 Å². The number of nitrogen functional groups attached to an aromatic ring is 1. The molecule has 20 heavy (non-hydrogen) atoms. The third-order valence-electron chi connectivity index (χ3n) is 3.11. The van der Waals surface area contributed by atoms with Gasteiger partial charge in [-0.3, -0.25) is 9.59 Å². The average molecular weight is 277 g/mol. The van der Waals surface area contributed by atoms with Gasteiger partial charge in [-0.15, -0.1) is 0 Å². The highest BCUT2D eigenvalue weighted by molar-refractivity contribution is 5.95. The summed E-state index contributed by atoms with van der Waals surface area (Å²) in [5, 5.41) is 5.51. The number of aromatic nitrogens is 1. The van der Waals surface area contributed by atoms with Crippen LogP contribution in [0, 0.1) is 0 Å². The molecular weight excluding hydrogens is 258 g/mol. The van der Waals surface area contributed by atoms with Gasteiger partial charge in [0, 0.05) is 24.2 Å². The van der Waals surface area contributed by atoms with Crippen LogP contribution in [0.15, 0.2) is 12.1 Å². The maximum Gasteiger partial charge on any atom is 0.251 e. The van der Waals surface area contributed by atoms with E-state index in [0.29, 0.717) is 24.3 Å². The first-order valence-corrected chi connectivity index (χ1v) is 6.67. The lowest BCUT2D eigenvalue weighted by Crippen LogP contribution is -2.36. The van der Waals surface area contributed by atoms with Gasteiger partial charge < -0.3 is 16.1 Å². The Kier molecular flexibility index (Phi) is 4.52. The fourth-order valence-corrected chi connectivity index (χ4v) is 2.15. The number of carbonyl (C=O) groups is 2. The highest BCUT2D eigenvalue weighted by atomic mass is 16.2.